The predicted molar refractivity (Wildman–Crippen MR) is 49.8 cm³/mol. The van der Waals surface area contributed by atoms with Crippen LogP contribution in [0.2, 0.25) is 0 Å². The topological polar surface area (TPSA) is 104 Å². The number of hydrogen-bond acceptors (Lipinski definition) is 7. The summed E-state index contributed by atoms with van der Waals surface area (Å²) in [5, 5.41) is 8.96. The first-order valence-corrected chi connectivity index (χ1v) is 4.38. The van der Waals surface area contributed by atoms with Gasteiger partial charge in [0.05, 0.1) is 24.7 Å². The molecule has 0 aromatic carbocycles. The molecular formula is C8H9N3O5. The number of ether oxygens (including phenoxy) is 1. The molecule has 8 heteroatoms. The molecule has 0 saturated heterocycles. The van der Waals surface area contributed by atoms with E-state index >= 15 is 0 Å². The smallest absolute Gasteiger partial charge is 0.358 e. The van der Waals surface area contributed by atoms with Crippen molar-refractivity contribution in [2.24, 2.45) is 0 Å². The van der Waals surface area contributed by atoms with Gasteiger partial charge in [-0.2, -0.15) is 0 Å². The molecule has 0 atom stereocenters. The lowest BCUT2D eigenvalue weighted by atomic mass is 10.4. The van der Waals surface area contributed by atoms with Crippen LogP contribution >= 0.6 is 0 Å². The molecule has 1 aromatic rings. The van der Waals surface area contributed by atoms with Crippen molar-refractivity contribution >= 4 is 5.97 Å². The Balaban J connectivity index is 2.60. The monoisotopic (exact) mass is 227 g/mol. The maximum absolute atomic E-state index is 11.2. The van der Waals surface area contributed by atoms with Gasteiger partial charge in [0.1, 0.15) is 6.61 Å². The van der Waals surface area contributed by atoms with Crippen LogP contribution in [0.4, 0.5) is 0 Å². The van der Waals surface area contributed by atoms with Crippen LogP contribution in [0.3, 0.4) is 0 Å². The van der Waals surface area contributed by atoms with Gasteiger partial charge in [-0.15, -0.1) is 10.1 Å². The molecule has 8 nitrogen and oxygen atoms in total. The Kier molecular flexibility index (Phi) is 4.13. The molecule has 0 amide bonds. The van der Waals surface area contributed by atoms with Crippen LogP contribution in [0.5, 0.6) is 0 Å². The third kappa shape index (κ3) is 3.48. The summed E-state index contributed by atoms with van der Waals surface area (Å²) in [6, 6.07) is 0. The molecule has 0 aliphatic carbocycles. The van der Waals surface area contributed by atoms with E-state index in [0.29, 0.717) is 0 Å². The molecule has 0 aliphatic heterocycles. The largest absolute Gasteiger partial charge is 0.461 e. The van der Waals surface area contributed by atoms with E-state index in [1.165, 1.54) is 12.4 Å². The highest BCUT2D eigenvalue weighted by Crippen LogP contribution is 1.99. The molecule has 0 saturated carbocycles. The van der Waals surface area contributed by atoms with E-state index in [1.54, 1.807) is 6.92 Å². The van der Waals surface area contributed by atoms with Crippen molar-refractivity contribution in [3.63, 3.8) is 0 Å². The number of hydrogen-bond donors (Lipinski definition) is 0. The molecular weight excluding hydrogens is 218 g/mol. The molecule has 0 N–H and O–H groups in total. The Morgan fingerprint density at radius 1 is 1.50 bits per heavy atom. The summed E-state index contributed by atoms with van der Waals surface area (Å²) in [7, 11) is 0. The summed E-state index contributed by atoms with van der Waals surface area (Å²) in [5.41, 5.74) is 0.302. The fourth-order valence-electron chi connectivity index (χ4n) is 0.859. The van der Waals surface area contributed by atoms with Crippen molar-refractivity contribution in [3.05, 3.63) is 33.9 Å². The van der Waals surface area contributed by atoms with E-state index in [1.807, 2.05) is 0 Å². The Hall–Kier alpha value is -2.25. The van der Waals surface area contributed by atoms with Crippen LogP contribution in [0.1, 0.15) is 23.1 Å². The van der Waals surface area contributed by atoms with Crippen LogP contribution in [0.25, 0.3) is 0 Å². The molecule has 1 aromatic heterocycles. The molecule has 0 spiro atoms. The molecule has 0 fully saturated rings. The second kappa shape index (κ2) is 5.59. The normalized spacial score (nSPS) is 9.56. The van der Waals surface area contributed by atoms with Crippen LogP contribution in [0, 0.1) is 10.1 Å². The zero-order chi connectivity index (χ0) is 12.0. The maximum atomic E-state index is 11.2. The minimum Gasteiger partial charge on any atom is -0.461 e. The van der Waals surface area contributed by atoms with Gasteiger partial charge in [0, 0.05) is 0 Å². The molecule has 0 bridgehead atoms. The van der Waals surface area contributed by atoms with Crippen LogP contribution in [-0.4, -0.2) is 27.6 Å². The molecule has 1 rings (SSSR count). The number of nitrogens with zero attached hydrogens (tertiary/aromatic N) is 3. The van der Waals surface area contributed by atoms with Gasteiger partial charge in [0.2, 0.25) is 0 Å². The lowest BCUT2D eigenvalue weighted by Crippen LogP contribution is -2.09. The maximum Gasteiger partial charge on any atom is 0.358 e. The van der Waals surface area contributed by atoms with E-state index in [9.17, 15) is 14.9 Å². The van der Waals surface area contributed by atoms with Gasteiger partial charge in [-0.25, -0.2) is 9.78 Å². The van der Waals surface area contributed by atoms with Crippen molar-refractivity contribution in [2.45, 2.75) is 13.5 Å². The average molecular weight is 227 g/mol. The zero-order valence-corrected chi connectivity index (χ0v) is 8.45. The fraction of sp³-hybridized carbons (Fsp3) is 0.375. The van der Waals surface area contributed by atoms with Crippen molar-refractivity contribution in [2.75, 3.05) is 6.61 Å². The predicted octanol–water partition coefficient (Wildman–Crippen LogP) is 0.362. The number of aromatic nitrogens is 2. The number of rotatable bonds is 5. The fourth-order valence-corrected chi connectivity index (χ4v) is 0.859. The highest BCUT2D eigenvalue weighted by Gasteiger charge is 2.08. The average Bonchev–Trinajstić information content (AvgIpc) is 2.27. The summed E-state index contributed by atoms with van der Waals surface area (Å²) in [6.45, 7) is 1.61. The van der Waals surface area contributed by atoms with E-state index in [4.69, 9.17) is 0 Å². The van der Waals surface area contributed by atoms with Gasteiger partial charge >= 0.3 is 5.97 Å². The number of esters is 1. The summed E-state index contributed by atoms with van der Waals surface area (Å²) in [4.78, 5) is 32.6. The first kappa shape index (κ1) is 11.8. The molecule has 1 heterocycles. The first-order chi connectivity index (χ1) is 7.63. The summed E-state index contributed by atoms with van der Waals surface area (Å²) >= 11 is 0. The molecule has 0 aliphatic rings. The molecule has 86 valence electrons. The van der Waals surface area contributed by atoms with Crippen LogP contribution < -0.4 is 0 Å². The number of carbonyl (C=O) groups excluding carboxylic acids is 1. The molecule has 0 radical (unpaired) electrons. The van der Waals surface area contributed by atoms with Crippen molar-refractivity contribution in [3.8, 4) is 0 Å². The van der Waals surface area contributed by atoms with Gasteiger partial charge < -0.3 is 9.57 Å². The highest BCUT2D eigenvalue weighted by molar-refractivity contribution is 5.86. The van der Waals surface area contributed by atoms with E-state index in [2.05, 4.69) is 19.5 Å². The van der Waals surface area contributed by atoms with Gasteiger partial charge in [-0.3, -0.25) is 4.98 Å². The quantitative estimate of drug-likeness (QED) is 0.406. The SMILES string of the molecule is CCOC(=O)c1cnc(CO[N+](=O)[O-])cn1. The highest BCUT2D eigenvalue weighted by atomic mass is 16.9. The van der Waals surface area contributed by atoms with Crippen LogP contribution in [-0.2, 0) is 16.2 Å². The van der Waals surface area contributed by atoms with Crippen molar-refractivity contribution in [1.82, 2.24) is 9.97 Å². The third-order valence-electron chi connectivity index (χ3n) is 1.51. The summed E-state index contributed by atoms with van der Waals surface area (Å²) in [6.07, 6.45) is 2.40. The Morgan fingerprint density at radius 3 is 2.75 bits per heavy atom. The van der Waals surface area contributed by atoms with Crippen molar-refractivity contribution < 1.29 is 19.5 Å². The van der Waals surface area contributed by atoms with Gasteiger partial charge in [0.25, 0.3) is 5.09 Å². The molecule has 16 heavy (non-hydrogen) atoms. The lowest BCUT2D eigenvalue weighted by Gasteiger charge is -2.01. The Morgan fingerprint density at radius 2 is 2.25 bits per heavy atom. The Labute approximate surface area is 90.3 Å². The number of carbonyl (C=O) groups is 1. The minimum atomic E-state index is -0.930. The van der Waals surface area contributed by atoms with Gasteiger partial charge in [-0.05, 0) is 6.92 Å². The van der Waals surface area contributed by atoms with E-state index < -0.39 is 11.1 Å². The van der Waals surface area contributed by atoms with Crippen molar-refractivity contribution in [1.29, 1.82) is 0 Å². The summed E-state index contributed by atoms with van der Waals surface area (Å²) < 4.78 is 4.69. The second-order valence-corrected chi connectivity index (χ2v) is 2.61. The molecule has 0 unspecified atom stereocenters. The van der Waals surface area contributed by atoms with Gasteiger partial charge in [-0.1, -0.05) is 0 Å². The zero-order valence-electron chi connectivity index (χ0n) is 8.45. The lowest BCUT2D eigenvalue weighted by molar-refractivity contribution is -0.763. The summed E-state index contributed by atoms with van der Waals surface area (Å²) in [5.74, 6) is -0.586. The second-order valence-electron chi connectivity index (χ2n) is 2.61. The van der Waals surface area contributed by atoms with Crippen LogP contribution in [0.15, 0.2) is 12.4 Å². The minimum absolute atomic E-state index is 0.0479. The standard InChI is InChI=1S/C8H9N3O5/c1-2-15-8(12)7-4-9-6(3-10-7)5-16-11(13)14/h3-4H,2,5H2,1H3. The third-order valence-corrected chi connectivity index (χ3v) is 1.51. The van der Waals surface area contributed by atoms with E-state index in [-0.39, 0.29) is 24.6 Å². The van der Waals surface area contributed by atoms with Gasteiger partial charge in [0.15, 0.2) is 5.69 Å². The van der Waals surface area contributed by atoms with E-state index in [0.717, 1.165) is 0 Å². The Bertz CT molecular complexity index is 378. The first-order valence-electron chi connectivity index (χ1n) is 4.38.